The van der Waals surface area contributed by atoms with Gasteiger partial charge in [-0.2, -0.15) is 11.8 Å². The van der Waals surface area contributed by atoms with Gasteiger partial charge in [0.1, 0.15) is 11.6 Å². The average molecular weight is 275 g/mol. The molecule has 18 heavy (non-hydrogen) atoms. The predicted octanol–water partition coefficient (Wildman–Crippen LogP) is 2.73. The third-order valence-corrected chi connectivity index (χ3v) is 3.32. The van der Waals surface area contributed by atoms with Crippen LogP contribution in [0.1, 0.15) is 24.5 Å². The standard InChI is InChI=1S/C13H19F2NOS/c1-18-8-3-2-7-16-9-12(17)13-10(14)5-4-6-11(13)15/h4-6,12,16-17H,2-3,7-9H2,1H3. The largest absolute Gasteiger partial charge is 0.387 e. The quantitative estimate of drug-likeness (QED) is 0.716. The highest BCUT2D eigenvalue weighted by Gasteiger charge is 2.16. The van der Waals surface area contributed by atoms with Crippen LogP contribution >= 0.6 is 11.8 Å². The molecule has 5 heteroatoms. The van der Waals surface area contributed by atoms with Gasteiger partial charge in [0.25, 0.3) is 0 Å². The molecule has 0 saturated heterocycles. The fourth-order valence-corrected chi connectivity index (χ4v) is 2.16. The molecule has 0 aliphatic heterocycles. The van der Waals surface area contributed by atoms with Crippen molar-refractivity contribution >= 4 is 11.8 Å². The molecular weight excluding hydrogens is 256 g/mol. The Bertz CT molecular complexity index is 343. The number of rotatable bonds is 8. The molecule has 0 heterocycles. The van der Waals surface area contributed by atoms with Crippen LogP contribution in [0.3, 0.4) is 0 Å². The van der Waals surface area contributed by atoms with Crippen LogP contribution in [0.5, 0.6) is 0 Å². The van der Waals surface area contributed by atoms with E-state index in [1.165, 1.54) is 6.07 Å². The number of benzene rings is 1. The van der Waals surface area contributed by atoms with Crippen molar-refractivity contribution in [2.75, 3.05) is 25.1 Å². The van der Waals surface area contributed by atoms with Gasteiger partial charge in [-0.15, -0.1) is 0 Å². The highest BCUT2D eigenvalue weighted by molar-refractivity contribution is 7.98. The van der Waals surface area contributed by atoms with Crippen LogP contribution in [-0.2, 0) is 0 Å². The summed E-state index contributed by atoms with van der Waals surface area (Å²) in [5.41, 5.74) is -0.255. The summed E-state index contributed by atoms with van der Waals surface area (Å²) in [6, 6.07) is 3.59. The third-order valence-electron chi connectivity index (χ3n) is 2.62. The molecule has 2 nitrogen and oxygen atoms in total. The fourth-order valence-electron chi connectivity index (χ4n) is 1.67. The minimum Gasteiger partial charge on any atom is -0.387 e. The van der Waals surface area contributed by atoms with Crippen molar-refractivity contribution in [2.24, 2.45) is 0 Å². The summed E-state index contributed by atoms with van der Waals surface area (Å²) in [5.74, 6) is -0.301. The lowest BCUT2D eigenvalue weighted by Crippen LogP contribution is -2.23. The molecule has 0 amide bonds. The molecular formula is C13H19F2NOS. The first kappa shape index (κ1) is 15.4. The highest BCUT2D eigenvalue weighted by Crippen LogP contribution is 2.19. The van der Waals surface area contributed by atoms with Gasteiger partial charge in [-0.3, -0.25) is 0 Å². The molecule has 0 radical (unpaired) electrons. The number of nitrogens with one attached hydrogen (secondary N) is 1. The molecule has 0 aliphatic carbocycles. The summed E-state index contributed by atoms with van der Waals surface area (Å²) >= 11 is 1.79. The van der Waals surface area contributed by atoms with E-state index in [9.17, 15) is 13.9 Å². The number of unbranched alkanes of at least 4 members (excludes halogenated alkanes) is 1. The first-order valence-electron chi connectivity index (χ1n) is 5.98. The molecule has 0 aliphatic rings. The van der Waals surface area contributed by atoms with Gasteiger partial charge in [0.15, 0.2) is 0 Å². The van der Waals surface area contributed by atoms with E-state index in [-0.39, 0.29) is 12.1 Å². The van der Waals surface area contributed by atoms with Gasteiger partial charge in [-0.25, -0.2) is 8.78 Å². The van der Waals surface area contributed by atoms with Gasteiger partial charge in [0.05, 0.1) is 11.7 Å². The average Bonchev–Trinajstić information content (AvgIpc) is 2.33. The van der Waals surface area contributed by atoms with Crippen LogP contribution in [0, 0.1) is 11.6 Å². The monoisotopic (exact) mass is 275 g/mol. The summed E-state index contributed by atoms with van der Waals surface area (Å²) in [7, 11) is 0. The Labute approximate surface area is 111 Å². The van der Waals surface area contributed by atoms with E-state index in [2.05, 4.69) is 11.6 Å². The SMILES string of the molecule is CSCCCCNCC(O)c1c(F)cccc1F. The van der Waals surface area contributed by atoms with Crippen LogP contribution in [-0.4, -0.2) is 30.2 Å². The van der Waals surface area contributed by atoms with Gasteiger partial charge >= 0.3 is 0 Å². The van der Waals surface area contributed by atoms with Gasteiger partial charge < -0.3 is 10.4 Å². The molecule has 0 spiro atoms. The summed E-state index contributed by atoms with van der Waals surface area (Å²) < 4.78 is 26.7. The Morgan fingerprint density at radius 2 is 1.94 bits per heavy atom. The van der Waals surface area contributed by atoms with Crippen LogP contribution in [0.4, 0.5) is 8.78 Å². The maximum Gasteiger partial charge on any atom is 0.131 e. The Hall–Kier alpha value is -0.650. The summed E-state index contributed by atoms with van der Waals surface area (Å²) in [6.07, 6.45) is 3.00. The molecule has 0 saturated carbocycles. The topological polar surface area (TPSA) is 32.3 Å². The van der Waals surface area contributed by atoms with Crippen LogP contribution in [0.15, 0.2) is 18.2 Å². The molecule has 1 unspecified atom stereocenters. The van der Waals surface area contributed by atoms with E-state index >= 15 is 0 Å². The Kier molecular flexibility index (Phi) is 7.23. The maximum absolute atomic E-state index is 13.3. The molecule has 2 N–H and O–H groups in total. The first-order chi connectivity index (χ1) is 8.66. The van der Waals surface area contributed by atoms with E-state index < -0.39 is 17.7 Å². The smallest absolute Gasteiger partial charge is 0.131 e. The molecule has 0 bridgehead atoms. The summed E-state index contributed by atoms with van der Waals surface area (Å²) in [4.78, 5) is 0. The molecule has 0 fully saturated rings. The molecule has 1 aromatic carbocycles. The molecule has 102 valence electrons. The predicted molar refractivity (Wildman–Crippen MR) is 71.8 cm³/mol. The number of hydrogen-bond donors (Lipinski definition) is 2. The first-order valence-corrected chi connectivity index (χ1v) is 7.37. The second kappa shape index (κ2) is 8.45. The summed E-state index contributed by atoms with van der Waals surface area (Å²) in [5, 5.41) is 12.7. The van der Waals surface area contributed by atoms with E-state index in [1.54, 1.807) is 11.8 Å². The number of hydrogen-bond acceptors (Lipinski definition) is 3. The lowest BCUT2D eigenvalue weighted by atomic mass is 10.1. The Balaban J connectivity index is 2.34. The van der Waals surface area contributed by atoms with E-state index in [0.29, 0.717) is 0 Å². The lowest BCUT2D eigenvalue weighted by molar-refractivity contribution is 0.165. The van der Waals surface area contributed by atoms with E-state index in [4.69, 9.17) is 0 Å². The van der Waals surface area contributed by atoms with Crippen molar-refractivity contribution in [3.63, 3.8) is 0 Å². The second-order valence-electron chi connectivity index (χ2n) is 4.06. The minimum atomic E-state index is -1.15. The second-order valence-corrected chi connectivity index (χ2v) is 5.04. The van der Waals surface area contributed by atoms with Crippen molar-refractivity contribution in [1.29, 1.82) is 0 Å². The Morgan fingerprint density at radius 1 is 1.28 bits per heavy atom. The zero-order valence-corrected chi connectivity index (χ0v) is 11.3. The van der Waals surface area contributed by atoms with Gasteiger partial charge in [-0.05, 0) is 43.5 Å². The van der Waals surface area contributed by atoms with Crippen molar-refractivity contribution in [3.05, 3.63) is 35.4 Å². The van der Waals surface area contributed by atoms with Crippen molar-refractivity contribution in [1.82, 2.24) is 5.32 Å². The van der Waals surface area contributed by atoms with Gasteiger partial charge in [0.2, 0.25) is 0 Å². The lowest BCUT2D eigenvalue weighted by Gasteiger charge is -2.13. The fraction of sp³-hybridized carbons (Fsp3) is 0.538. The minimum absolute atomic E-state index is 0.164. The maximum atomic E-state index is 13.3. The van der Waals surface area contributed by atoms with Crippen molar-refractivity contribution in [2.45, 2.75) is 18.9 Å². The molecule has 1 rings (SSSR count). The van der Waals surface area contributed by atoms with E-state index in [1.807, 2.05) is 0 Å². The van der Waals surface area contributed by atoms with Crippen LogP contribution in [0.25, 0.3) is 0 Å². The third kappa shape index (κ3) is 4.92. The molecule has 1 atom stereocenters. The number of thioether (sulfide) groups is 1. The highest BCUT2D eigenvalue weighted by atomic mass is 32.2. The van der Waals surface area contributed by atoms with Gasteiger partial charge in [0, 0.05) is 6.54 Å². The molecule has 1 aromatic rings. The number of aliphatic hydroxyl groups excluding tert-OH is 1. The zero-order valence-electron chi connectivity index (χ0n) is 10.5. The summed E-state index contributed by atoms with van der Waals surface area (Å²) in [6.45, 7) is 0.908. The number of halogens is 2. The Morgan fingerprint density at radius 3 is 2.56 bits per heavy atom. The zero-order chi connectivity index (χ0) is 13.4. The molecule has 0 aromatic heterocycles. The number of aliphatic hydroxyl groups is 1. The van der Waals surface area contributed by atoms with Gasteiger partial charge in [-0.1, -0.05) is 6.07 Å². The van der Waals surface area contributed by atoms with Crippen LogP contribution < -0.4 is 5.32 Å². The normalized spacial score (nSPS) is 12.7. The van der Waals surface area contributed by atoms with Crippen molar-refractivity contribution in [3.8, 4) is 0 Å². The van der Waals surface area contributed by atoms with E-state index in [0.717, 1.165) is 37.3 Å². The van der Waals surface area contributed by atoms with Crippen molar-refractivity contribution < 1.29 is 13.9 Å². The van der Waals surface area contributed by atoms with Crippen LogP contribution in [0.2, 0.25) is 0 Å².